The second-order valence-electron chi connectivity index (χ2n) is 4.95. The van der Waals surface area contributed by atoms with Gasteiger partial charge in [-0.05, 0) is 37.4 Å². The van der Waals surface area contributed by atoms with Crippen LogP contribution in [0.2, 0.25) is 0 Å². The van der Waals surface area contributed by atoms with Crippen molar-refractivity contribution in [3.8, 4) is 0 Å². The van der Waals surface area contributed by atoms with Crippen LogP contribution < -0.4 is 5.73 Å². The van der Waals surface area contributed by atoms with E-state index < -0.39 is 0 Å². The number of hydrogen-bond donors (Lipinski definition) is 1. The smallest absolute Gasteiger partial charge is 0.229 e. The van der Waals surface area contributed by atoms with E-state index in [4.69, 9.17) is 5.73 Å². The van der Waals surface area contributed by atoms with E-state index in [1.54, 1.807) is 29.7 Å². The van der Waals surface area contributed by atoms with E-state index >= 15 is 0 Å². The van der Waals surface area contributed by atoms with Crippen molar-refractivity contribution in [2.45, 2.75) is 32.9 Å². The summed E-state index contributed by atoms with van der Waals surface area (Å²) in [5, 5.41) is 2.03. The summed E-state index contributed by atoms with van der Waals surface area (Å²) >= 11 is 1.67. The Hall–Kier alpha value is -1.59. The molecule has 0 aromatic carbocycles. The molecular formula is C15H20ClN3OS. The van der Waals surface area contributed by atoms with Gasteiger partial charge in [0.2, 0.25) is 5.91 Å². The zero-order chi connectivity index (χ0) is 14.5. The molecule has 114 valence electrons. The SMILES string of the molecule is CC(C)N(Cc1cccs1)C(=O)Cc1ccc(N)cn1.Cl. The van der Waals surface area contributed by atoms with E-state index in [0.717, 1.165) is 5.69 Å². The number of pyridine rings is 1. The number of hydrogen-bond acceptors (Lipinski definition) is 4. The van der Waals surface area contributed by atoms with Crippen molar-refractivity contribution in [2.75, 3.05) is 5.73 Å². The molecule has 21 heavy (non-hydrogen) atoms. The number of nitrogen functional groups attached to an aromatic ring is 1. The number of nitrogens with zero attached hydrogens (tertiary/aromatic N) is 2. The standard InChI is InChI=1S/C15H19N3OS.ClH/c1-11(2)18(10-14-4-3-7-20-14)15(19)8-13-6-5-12(16)9-17-13;/h3-7,9,11H,8,10,16H2,1-2H3;1H. The number of rotatable bonds is 5. The van der Waals surface area contributed by atoms with Crippen molar-refractivity contribution in [3.63, 3.8) is 0 Å². The number of amides is 1. The highest BCUT2D eigenvalue weighted by atomic mass is 35.5. The van der Waals surface area contributed by atoms with Gasteiger partial charge in [-0.15, -0.1) is 23.7 Å². The number of anilines is 1. The Kier molecular flexibility index (Phi) is 6.65. The highest BCUT2D eigenvalue weighted by Gasteiger charge is 2.18. The predicted molar refractivity (Wildman–Crippen MR) is 89.6 cm³/mol. The molecule has 0 saturated carbocycles. The number of carbonyl (C=O) groups is 1. The van der Waals surface area contributed by atoms with Gasteiger partial charge in [-0.25, -0.2) is 0 Å². The second kappa shape index (κ2) is 8.00. The first-order chi connectivity index (χ1) is 9.56. The van der Waals surface area contributed by atoms with Crippen LogP contribution in [0.15, 0.2) is 35.8 Å². The van der Waals surface area contributed by atoms with Crippen LogP contribution in [-0.2, 0) is 17.8 Å². The van der Waals surface area contributed by atoms with Crippen LogP contribution >= 0.6 is 23.7 Å². The Morgan fingerprint density at radius 2 is 2.14 bits per heavy atom. The lowest BCUT2D eigenvalue weighted by molar-refractivity contribution is -0.132. The van der Waals surface area contributed by atoms with Crippen molar-refractivity contribution in [1.29, 1.82) is 0 Å². The van der Waals surface area contributed by atoms with Gasteiger partial charge in [0.1, 0.15) is 0 Å². The third-order valence-corrected chi connectivity index (χ3v) is 3.89. The molecule has 0 aliphatic carbocycles. The summed E-state index contributed by atoms with van der Waals surface area (Å²) in [4.78, 5) is 19.7. The summed E-state index contributed by atoms with van der Waals surface area (Å²) in [5.41, 5.74) is 6.96. The molecular weight excluding hydrogens is 306 g/mol. The van der Waals surface area contributed by atoms with E-state index in [9.17, 15) is 4.79 Å². The van der Waals surface area contributed by atoms with Crippen LogP contribution in [0.4, 0.5) is 5.69 Å². The molecule has 0 atom stereocenters. The van der Waals surface area contributed by atoms with Gasteiger partial charge in [0, 0.05) is 16.6 Å². The van der Waals surface area contributed by atoms with Crippen LogP contribution in [0, 0.1) is 0 Å². The van der Waals surface area contributed by atoms with Gasteiger partial charge in [0.05, 0.1) is 24.8 Å². The Labute approximate surface area is 135 Å². The van der Waals surface area contributed by atoms with Crippen molar-refractivity contribution >= 4 is 35.3 Å². The van der Waals surface area contributed by atoms with E-state index in [-0.39, 0.29) is 24.4 Å². The molecule has 1 amide bonds. The van der Waals surface area contributed by atoms with Gasteiger partial charge >= 0.3 is 0 Å². The maximum Gasteiger partial charge on any atom is 0.229 e. The van der Waals surface area contributed by atoms with Crippen molar-refractivity contribution in [2.24, 2.45) is 0 Å². The number of nitrogens with two attached hydrogens (primary N) is 1. The minimum atomic E-state index is 0. The summed E-state index contributed by atoms with van der Waals surface area (Å²) in [6, 6.07) is 7.79. The molecule has 0 aliphatic heterocycles. The highest BCUT2D eigenvalue weighted by molar-refractivity contribution is 7.09. The highest BCUT2D eigenvalue weighted by Crippen LogP contribution is 2.15. The molecule has 0 saturated heterocycles. The van der Waals surface area contributed by atoms with Gasteiger partial charge in [-0.3, -0.25) is 9.78 Å². The zero-order valence-electron chi connectivity index (χ0n) is 12.2. The second-order valence-corrected chi connectivity index (χ2v) is 5.99. The third kappa shape index (κ3) is 5.02. The van der Waals surface area contributed by atoms with Gasteiger partial charge < -0.3 is 10.6 Å². The van der Waals surface area contributed by atoms with Crippen molar-refractivity contribution in [1.82, 2.24) is 9.88 Å². The summed E-state index contributed by atoms with van der Waals surface area (Å²) in [7, 11) is 0. The van der Waals surface area contributed by atoms with Crippen LogP contribution in [-0.4, -0.2) is 21.8 Å². The fourth-order valence-corrected chi connectivity index (χ4v) is 2.63. The predicted octanol–water partition coefficient (Wildman–Crippen LogP) is 3.13. The lowest BCUT2D eigenvalue weighted by Crippen LogP contribution is -2.37. The maximum absolute atomic E-state index is 12.4. The molecule has 0 spiro atoms. The summed E-state index contributed by atoms with van der Waals surface area (Å²) in [5.74, 6) is 0.0886. The Morgan fingerprint density at radius 3 is 2.67 bits per heavy atom. The van der Waals surface area contributed by atoms with Gasteiger partial charge in [0.15, 0.2) is 0 Å². The molecule has 0 unspecified atom stereocenters. The molecule has 2 aromatic rings. The number of thiophene rings is 1. The molecule has 2 heterocycles. The number of halogens is 1. The first-order valence-electron chi connectivity index (χ1n) is 6.58. The molecule has 6 heteroatoms. The quantitative estimate of drug-likeness (QED) is 0.918. The first-order valence-corrected chi connectivity index (χ1v) is 7.46. The van der Waals surface area contributed by atoms with Gasteiger partial charge in [0.25, 0.3) is 0 Å². The van der Waals surface area contributed by atoms with Crippen LogP contribution in [0.3, 0.4) is 0 Å². The Morgan fingerprint density at radius 1 is 1.38 bits per heavy atom. The summed E-state index contributed by atoms with van der Waals surface area (Å²) < 4.78 is 0. The third-order valence-electron chi connectivity index (χ3n) is 3.03. The van der Waals surface area contributed by atoms with E-state index in [1.165, 1.54) is 4.88 Å². The average molecular weight is 326 g/mol. The topological polar surface area (TPSA) is 59.2 Å². The van der Waals surface area contributed by atoms with Crippen LogP contribution in [0.1, 0.15) is 24.4 Å². The molecule has 0 radical (unpaired) electrons. The van der Waals surface area contributed by atoms with Crippen molar-refractivity contribution in [3.05, 3.63) is 46.4 Å². The number of aromatic nitrogens is 1. The largest absolute Gasteiger partial charge is 0.397 e. The van der Waals surface area contributed by atoms with E-state index in [1.807, 2.05) is 30.2 Å². The summed E-state index contributed by atoms with van der Waals surface area (Å²) in [6.45, 7) is 4.72. The molecule has 2 rings (SSSR count). The molecule has 0 aliphatic rings. The molecule has 0 fully saturated rings. The monoisotopic (exact) mass is 325 g/mol. The Balaban J connectivity index is 0.00000220. The molecule has 4 nitrogen and oxygen atoms in total. The van der Waals surface area contributed by atoms with Crippen molar-refractivity contribution < 1.29 is 4.79 Å². The molecule has 2 aromatic heterocycles. The molecule has 2 N–H and O–H groups in total. The van der Waals surface area contributed by atoms with E-state index in [2.05, 4.69) is 11.1 Å². The van der Waals surface area contributed by atoms with Gasteiger partial charge in [-0.1, -0.05) is 6.07 Å². The maximum atomic E-state index is 12.4. The average Bonchev–Trinajstić information content (AvgIpc) is 2.91. The molecule has 0 bridgehead atoms. The minimum absolute atomic E-state index is 0. The normalized spacial score (nSPS) is 10.2. The Bertz CT molecular complexity index is 555. The fraction of sp³-hybridized carbons (Fsp3) is 0.333. The number of carbonyl (C=O) groups excluding carboxylic acids is 1. The fourth-order valence-electron chi connectivity index (χ4n) is 1.93. The first kappa shape index (κ1) is 17.5. The zero-order valence-corrected chi connectivity index (χ0v) is 13.8. The van der Waals surface area contributed by atoms with Gasteiger partial charge in [-0.2, -0.15) is 0 Å². The minimum Gasteiger partial charge on any atom is -0.397 e. The lowest BCUT2D eigenvalue weighted by Gasteiger charge is -2.26. The van der Waals surface area contributed by atoms with Crippen LogP contribution in [0.25, 0.3) is 0 Å². The van der Waals surface area contributed by atoms with Crippen LogP contribution in [0.5, 0.6) is 0 Å². The summed E-state index contributed by atoms with van der Waals surface area (Å²) in [6.07, 6.45) is 1.89. The lowest BCUT2D eigenvalue weighted by atomic mass is 10.2. The van der Waals surface area contributed by atoms with E-state index in [0.29, 0.717) is 18.7 Å².